The zero-order valence-electron chi connectivity index (χ0n) is 12.3. The van der Waals surface area contributed by atoms with Gasteiger partial charge in [-0.3, -0.25) is 4.90 Å². The third-order valence-electron chi connectivity index (χ3n) is 3.61. The predicted molar refractivity (Wildman–Crippen MR) is 81.5 cm³/mol. The molecule has 1 aromatic rings. The number of aliphatic hydroxyl groups is 1. The number of rotatable bonds is 8. The van der Waals surface area contributed by atoms with Crippen molar-refractivity contribution in [1.29, 1.82) is 0 Å². The summed E-state index contributed by atoms with van der Waals surface area (Å²) in [6.45, 7) is 7.71. The van der Waals surface area contributed by atoms with Crippen LogP contribution < -0.4 is 10.6 Å². The standard InChI is InChI=1S/C15H27N3O/c1-4-18(5-2)14-8-6-13(7-9-14)15(12-16)17(3)10-11-19/h6-9,15,19H,4-5,10-12,16H2,1-3H3. The normalized spacial score (nSPS) is 12.7. The van der Waals surface area contributed by atoms with Gasteiger partial charge < -0.3 is 15.7 Å². The van der Waals surface area contributed by atoms with Crippen molar-refractivity contribution in [2.24, 2.45) is 5.73 Å². The molecule has 0 aliphatic carbocycles. The predicted octanol–water partition coefficient (Wildman–Crippen LogP) is 1.46. The molecule has 1 rings (SSSR count). The number of hydrogen-bond acceptors (Lipinski definition) is 4. The molecule has 0 bridgehead atoms. The molecule has 108 valence electrons. The van der Waals surface area contributed by atoms with Gasteiger partial charge in [0.15, 0.2) is 0 Å². The molecule has 3 N–H and O–H groups in total. The Morgan fingerprint density at radius 2 is 1.74 bits per heavy atom. The largest absolute Gasteiger partial charge is 0.395 e. The van der Waals surface area contributed by atoms with E-state index in [0.29, 0.717) is 13.1 Å². The van der Waals surface area contributed by atoms with Crippen molar-refractivity contribution in [3.05, 3.63) is 29.8 Å². The first-order valence-corrected chi connectivity index (χ1v) is 7.03. The molecule has 0 fully saturated rings. The minimum Gasteiger partial charge on any atom is -0.395 e. The van der Waals surface area contributed by atoms with Gasteiger partial charge in [-0.15, -0.1) is 0 Å². The Morgan fingerprint density at radius 1 is 1.16 bits per heavy atom. The lowest BCUT2D eigenvalue weighted by Crippen LogP contribution is -2.32. The van der Waals surface area contributed by atoms with Crippen molar-refractivity contribution >= 4 is 5.69 Å². The maximum absolute atomic E-state index is 9.02. The van der Waals surface area contributed by atoms with Crippen LogP contribution in [0, 0.1) is 0 Å². The van der Waals surface area contributed by atoms with Crippen molar-refractivity contribution < 1.29 is 5.11 Å². The second-order valence-electron chi connectivity index (χ2n) is 4.72. The molecule has 0 aliphatic rings. The number of likely N-dealkylation sites (N-methyl/N-ethyl adjacent to an activating group) is 1. The van der Waals surface area contributed by atoms with Gasteiger partial charge in [0, 0.05) is 37.9 Å². The smallest absolute Gasteiger partial charge is 0.0558 e. The van der Waals surface area contributed by atoms with Crippen LogP contribution in [0.1, 0.15) is 25.5 Å². The molecule has 0 saturated carbocycles. The van der Waals surface area contributed by atoms with Gasteiger partial charge in [-0.1, -0.05) is 12.1 Å². The Bertz CT molecular complexity index is 349. The van der Waals surface area contributed by atoms with Crippen LogP contribution >= 0.6 is 0 Å². The van der Waals surface area contributed by atoms with Crippen molar-refractivity contribution in [3.8, 4) is 0 Å². The summed E-state index contributed by atoms with van der Waals surface area (Å²) in [6.07, 6.45) is 0. The number of nitrogens with two attached hydrogens (primary N) is 1. The number of anilines is 1. The van der Waals surface area contributed by atoms with E-state index in [4.69, 9.17) is 10.8 Å². The average Bonchev–Trinajstić information content (AvgIpc) is 2.43. The van der Waals surface area contributed by atoms with Crippen LogP contribution in [0.4, 0.5) is 5.69 Å². The van der Waals surface area contributed by atoms with Crippen LogP contribution in [-0.4, -0.2) is 49.8 Å². The Morgan fingerprint density at radius 3 is 2.16 bits per heavy atom. The van der Waals surface area contributed by atoms with Crippen LogP contribution in [0.15, 0.2) is 24.3 Å². The highest BCUT2D eigenvalue weighted by atomic mass is 16.3. The fourth-order valence-electron chi connectivity index (χ4n) is 2.38. The Labute approximate surface area is 116 Å². The first-order valence-electron chi connectivity index (χ1n) is 7.03. The van der Waals surface area contributed by atoms with Crippen LogP contribution in [-0.2, 0) is 0 Å². The lowest BCUT2D eigenvalue weighted by atomic mass is 10.0. The molecule has 1 atom stereocenters. The van der Waals surface area contributed by atoms with Crippen molar-refractivity contribution in [1.82, 2.24) is 4.90 Å². The molecule has 0 aromatic heterocycles. The molecular formula is C15H27N3O. The van der Waals surface area contributed by atoms with Gasteiger partial charge >= 0.3 is 0 Å². The van der Waals surface area contributed by atoms with Gasteiger partial charge in [0.05, 0.1) is 6.61 Å². The topological polar surface area (TPSA) is 52.7 Å². The summed E-state index contributed by atoms with van der Waals surface area (Å²) < 4.78 is 0. The van der Waals surface area contributed by atoms with E-state index >= 15 is 0 Å². The number of aliphatic hydroxyl groups excluding tert-OH is 1. The van der Waals surface area contributed by atoms with Crippen molar-refractivity contribution in [3.63, 3.8) is 0 Å². The van der Waals surface area contributed by atoms with Gasteiger partial charge in [0.1, 0.15) is 0 Å². The van der Waals surface area contributed by atoms with Crippen LogP contribution in [0.25, 0.3) is 0 Å². The highest BCUT2D eigenvalue weighted by Crippen LogP contribution is 2.22. The summed E-state index contributed by atoms with van der Waals surface area (Å²) in [4.78, 5) is 4.41. The SMILES string of the molecule is CCN(CC)c1ccc(C(CN)N(C)CCO)cc1. The summed E-state index contributed by atoms with van der Waals surface area (Å²) in [5.74, 6) is 0. The number of hydrogen-bond donors (Lipinski definition) is 2. The summed E-state index contributed by atoms with van der Waals surface area (Å²) in [6, 6.07) is 8.74. The fraction of sp³-hybridized carbons (Fsp3) is 0.600. The first kappa shape index (κ1) is 16.0. The highest BCUT2D eigenvalue weighted by Gasteiger charge is 2.15. The molecule has 0 spiro atoms. The second kappa shape index (κ2) is 8.15. The molecular weight excluding hydrogens is 238 g/mol. The molecule has 19 heavy (non-hydrogen) atoms. The summed E-state index contributed by atoms with van der Waals surface area (Å²) in [7, 11) is 1.99. The van der Waals surface area contributed by atoms with E-state index in [1.165, 1.54) is 11.3 Å². The minimum absolute atomic E-state index is 0.157. The van der Waals surface area contributed by atoms with Gasteiger partial charge in [-0.25, -0.2) is 0 Å². The van der Waals surface area contributed by atoms with E-state index in [9.17, 15) is 0 Å². The second-order valence-corrected chi connectivity index (χ2v) is 4.72. The molecule has 4 heteroatoms. The van der Waals surface area contributed by atoms with Gasteiger partial charge in [-0.05, 0) is 38.6 Å². The van der Waals surface area contributed by atoms with Gasteiger partial charge in [-0.2, -0.15) is 0 Å². The van der Waals surface area contributed by atoms with Crippen molar-refractivity contribution in [2.75, 3.05) is 44.7 Å². The quantitative estimate of drug-likeness (QED) is 0.747. The van der Waals surface area contributed by atoms with E-state index in [0.717, 1.165) is 13.1 Å². The molecule has 0 radical (unpaired) electrons. The molecule has 0 amide bonds. The molecule has 1 unspecified atom stereocenters. The van der Waals surface area contributed by atoms with E-state index in [1.807, 2.05) is 7.05 Å². The monoisotopic (exact) mass is 265 g/mol. The van der Waals surface area contributed by atoms with Gasteiger partial charge in [0.25, 0.3) is 0 Å². The Hall–Kier alpha value is -1.10. The maximum Gasteiger partial charge on any atom is 0.0558 e. The maximum atomic E-state index is 9.02. The van der Waals surface area contributed by atoms with E-state index < -0.39 is 0 Å². The zero-order chi connectivity index (χ0) is 14.3. The fourth-order valence-corrected chi connectivity index (χ4v) is 2.38. The summed E-state index contributed by atoms with van der Waals surface area (Å²) >= 11 is 0. The molecule has 1 aromatic carbocycles. The van der Waals surface area contributed by atoms with Crippen LogP contribution in [0.2, 0.25) is 0 Å². The molecule has 0 heterocycles. The molecule has 0 saturated heterocycles. The molecule has 4 nitrogen and oxygen atoms in total. The van der Waals surface area contributed by atoms with E-state index in [2.05, 4.69) is 47.9 Å². The van der Waals surface area contributed by atoms with Gasteiger partial charge in [0.2, 0.25) is 0 Å². The Balaban J connectivity index is 2.83. The number of benzene rings is 1. The summed E-state index contributed by atoms with van der Waals surface area (Å²) in [5.41, 5.74) is 8.30. The average molecular weight is 265 g/mol. The Kier molecular flexibility index (Phi) is 6.84. The summed E-state index contributed by atoms with van der Waals surface area (Å²) in [5, 5.41) is 9.02. The lowest BCUT2D eigenvalue weighted by Gasteiger charge is -2.27. The van der Waals surface area contributed by atoms with E-state index in [1.54, 1.807) is 0 Å². The minimum atomic E-state index is 0.157. The van der Waals surface area contributed by atoms with E-state index in [-0.39, 0.29) is 12.6 Å². The van der Waals surface area contributed by atoms with Crippen molar-refractivity contribution in [2.45, 2.75) is 19.9 Å². The first-order chi connectivity index (χ1) is 9.17. The third-order valence-corrected chi connectivity index (χ3v) is 3.61. The van der Waals surface area contributed by atoms with Crippen LogP contribution in [0.3, 0.4) is 0 Å². The lowest BCUT2D eigenvalue weighted by molar-refractivity contribution is 0.183. The zero-order valence-corrected chi connectivity index (χ0v) is 12.3. The van der Waals surface area contributed by atoms with Crippen LogP contribution in [0.5, 0.6) is 0 Å². The number of nitrogens with zero attached hydrogens (tertiary/aromatic N) is 2. The third kappa shape index (κ3) is 4.20. The highest BCUT2D eigenvalue weighted by molar-refractivity contribution is 5.47. The molecule has 0 aliphatic heterocycles.